The Morgan fingerprint density at radius 3 is 2.37 bits per heavy atom. The predicted molar refractivity (Wildman–Crippen MR) is 114 cm³/mol. The number of anilines is 1. The van der Waals surface area contributed by atoms with E-state index in [1.165, 1.54) is 35.2 Å². The van der Waals surface area contributed by atoms with E-state index < -0.39 is 5.82 Å². The smallest absolute Gasteiger partial charge is 0.271 e. The van der Waals surface area contributed by atoms with E-state index in [9.17, 15) is 13.6 Å². The van der Waals surface area contributed by atoms with E-state index >= 15 is 0 Å². The maximum atomic E-state index is 13.7. The van der Waals surface area contributed by atoms with Gasteiger partial charge in [0.25, 0.3) is 5.91 Å². The number of ether oxygens (including phenoxy) is 1. The van der Waals surface area contributed by atoms with Crippen LogP contribution in [0.4, 0.5) is 14.5 Å². The first-order chi connectivity index (χ1) is 14.5. The number of halogens is 2. The summed E-state index contributed by atoms with van der Waals surface area (Å²) in [4.78, 5) is 14.3. The van der Waals surface area contributed by atoms with Gasteiger partial charge in [0.05, 0.1) is 10.6 Å². The van der Waals surface area contributed by atoms with Gasteiger partial charge in [0.2, 0.25) is 0 Å². The van der Waals surface area contributed by atoms with Crippen molar-refractivity contribution in [3.8, 4) is 5.75 Å². The van der Waals surface area contributed by atoms with Crippen LogP contribution in [0.1, 0.15) is 11.1 Å². The number of hydrogen-bond acceptors (Lipinski definition) is 4. The second kappa shape index (κ2) is 8.51. The average molecular weight is 422 g/mol. The van der Waals surface area contributed by atoms with Gasteiger partial charge in [-0.25, -0.2) is 8.78 Å². The third-order valence-corrected chi connectivity index (χ3v) is 5.33. The Bertz CT molecular complexity index is 1130. The van der Waals surface area contributed by atoms with Crippen LogP contribution in [0.5, 0.6) is 5.75 Å². The van der Waals surface area contributed by atoms with Crippen molar-refractivity contribution in [1.82, 2.24) is 0 Å². The summed E-state index contributed by atoms with van der Waals surface area (Å²) in [5.41, 5.74) is 1.67. The third-order valence-electron chi connectivity index (χ3n) is 4.44. The minimum atomic E-state index is -0.405. The molecule has 3 aromatic rings. The summed E-state index contributed by atoms with van der Waals surface area (Å²) in [6, 6.07) is 18.9. The minimum Gasteiger partial charge on any atom is -0.489 e. The van der Waals surface area contributed by atoms with Crippen LogP contribution < -0.4 is 9.64 Å². The number of amidine groups is 1. The monoisotopic (exact) mass is 422 g/mol. The molecular formula is C23H16F2N2O2S. The van der Waals surface area contributed by atoms with Crippen LogP contribution in [0.3, 0.4) is 0 Å². The van der Waals surface area contributed by atoms with Gasteiger partial charge in [-0.15, -0.1) is 0 Å². The lowest BCUT2D eigenvalue weighted by molar-refractivity contribution is -0.113. The van der Waals surface area contributed by atoms with E-state index in [0.717, 1.165) is 17.3 Å². The lowest BCUT2D eigenvalue weighted by atomic mass is 10.2. The van der Waals surface area contributed by atoms with Gasteiger partial charge in [-0.3, -0.25) is 15.1 Å². The second-order valence-corrected chi connectivity index (χ2v) is 7.51. The van der Waals surface area contributed by atoms with E-state index in [0.29, 0.717) is 21.9 Å². The molecule has 3 aromatic carbocycles. The number of amides is 1. The normalized spacial score (nSPS) is 15.1. The largest absolute Gasteiger partial charge is 0.489 e. The highest BCUT2D eigenvalue weighted by atomic mass is 32.2. The van der Waals surface area contributed by atoms with Crippen molar-refractivity contribution in [2.24, 2.45) is 0 Å². The van der Waals surface area contributed by atoms with E-state index in [1.54, 1.807) is 48.5 Å². The van der Waals surface area contributed by atoms with Gasteiger partial charge in [-0.1, -0.05) is 30.3 Å². The van der Waals surface area contributed by atoms with Crippen LogP contribution in [0.15, 0.2) is 77.7 Å². The molecule has 0 unspecified atom stereocenters. The summed E-state index contributed by atoms with van der Waals surface area (Å²) in [6.07, 6.45) is 1.69. The van der Waals surface area contributed by atoms with Crippen molar-refractivity contribution < 1.29 is 18.3 Å². The van der Waals surface area contributed by atoms with Crippen molar-refractivity contribution >= 4 is 34.6 Å². The molecule has 1 amide bonds. The zero-order chi connectivity index (χ0) is 21.1. The van der Waals surface area contributed by atoms with Crippen LogP contribution in [0.25, 0.3) is 6.08 Å². The van der Waals surface area contributed by atoms with Crippen LogP contribution in [-0.4, -0.2) is 11.1 Å². The molecular weight excluding hydrogens is 406 g/mol. The molecule has 1 N–H and O–H groups in total. The van der Waals surface area contributed by atoms with Crippen LogP contribution >= 0.6 is 11.8 Å². The molecule has 4 nitrogen and oxygen atoms in total. The van der Waals surface area contributed by atoms with Crippen molar-refractivity contribution in [1.29, 1.82) is 5.41 Å². The molecule has 150 valence electrons. The molecule has 0 spiro atoms. The topological polar surface area (TPSA) is 53.4 Å². The Kier molecular flexibility index (Phi) is 5.63. The first-order valence-electron chi connectivity index (χ1n) is 9.05. The van der Waals surface area contributed by atoms with Crippen molar-refractivity contribution in [3.63, 3.8) is 0 Å². The van der Waals surface area contributed by atoms with Gasteiger partial charge in [0.1, 0.15) is 24.0 Å². The van der Waals surface area contributed by atoms with Crippen LogP contribution in [0, 0.1) is 17.0 Å². The molecule has 0 aromatic heterocycles. The number of rotatable bonds is 5. The fourth-order valence-corrected chi connectivity index (χ4v) is 3.76. The lowest BCUT2D eigenvalue weighted by Crippen LogP contribution is -2.28. The maximum Gasteiger partial charge on any atom is 0.271 e. The third kappa shape index (κ3) is 4.26. The van der Waals surface area contributed by atoms with Gasteiger partial charge in [0, 0.05) is 5.56 Å². The van der Waals surface area contributed by atoms with Gasteiger partial charge in [-0.05, 0) is 65.9 Å². The number of nitrogens with zero attached hydrogens (tertiary/aromatic N) is 1. The summed E-state index contributed by atoms with van der Waals surface area (Å²) >= 11 is 1.04. The fourth-order valence-electron chi connectivity index (χ4n) is 2.90. The number of hydrogen-bond donors (Lipinski definition) is 1. The molecule has 1 aliphatic heterocycles. The van der Waals surface area contributed by atoms with Crippen LogP contribution in [0.2, 0.25) is 0 Å². The molecule has 0 bridgehead atoms. The van der Waals surface area contributed by atoms with E-state index in [4.69, 9.17) is 10.1 Å². The first kappa shape index (κ1) is 19.8. The van der Waals surface area contributed by atoms with E-state index in [-0.39, 0.29) is 23.5 Å². The lowest BCUT2D eigenvalue weighted by Gasteiger charge is -2.13. The molecule has 0 aliphatic carbocycles. The summed E-state index contributed by atoms with van der Waals surface area (Å²) in [6.45, 7) is 0.116. The van der Waals surface area contributed by atoms with Gasteiger partial charge < -0.3 is 4.74 Å². The van der Waals surface area contributed by atoms with Crippen molar-refractivity contribution in [2.75, 3.05) is 4.90 Å². The van der Waals surface area contributed by atoms with E-state index in [1.807, 2.05) is 0 Å². The zero-order valence-corrected chi connectivity index (χ0v) is 16.5. The molecule has 1 aliphatic rings. The van der Waals surface area contributed by atoms with Gasteiger partial charge in [0.15, 0.2) is 5.17 Å². The van der Waals surface area contributed by atoms with Crippen molar-refractivity contribution in [3.05, 3.63) is 100 Å². The summed E-state index contributed by atoms with van der Waals surface area (Å²) in [5, 5.41) is 8.15. The van der Waals surface area contributed by atoms with Crippen LogP contribution in [-0.2, 0) is 11.4 Å². The Hall–Kier alpha value is -3.45. The molecule has 4 rings (SSSR count). The Balaban J connectivity index is 1.46. The van der Waals surface area contributed by atoms with Gasteiger partial charge >= 0.3 is 0 Å². The highest BCUT2D eigenvalue weighted by Crippen LogP contribution is 2.35. The number of benzene rings is 3. The number of carbonyl (C=O) groups is 1. The highest BCUT2D eigenvalue weighted by molar-refractivity contribution is 8.19. The molecule has 1 saturated heterocycles. The molecule has 7 heteroatoms. The van der Waals surface area contributed by atoms with E-state index in [2.05, 4.69) is 0 Å². The molecule has 0 saturated carbocycles. The second-order valence-electron chi connectivity index (χ2n) is 6.48. The van der Waals surface area contributed by atoms with Gasteiger partial charge in [-0.2, -0.15) is 0 Å². The molecule has 0 radical (unpaired) electrons. The SMILES string of the molecule is N=C1SC(=Cc2ccc(OCc3ccccc3F)cc2)C(=O)N1c1ccc(F)cc1. The Labute approximate surface area is 176 Å². The summed E-state index contributed by atoms with van der Waals surface area (Å²) in [7, 11) is 0. The van der Waals surface area contributed by atoms with Crippen molar-refractivity contribution in [2.45, 2.75) is 6.61 Å². The molecule has 0 atom stereocenters. The quantitative estimate of drug-likeness (QED) is 0.545. The summed E-state index contributed by atoms with van der Waals surface area (Å²) in [5.74, 6) is -0.482. The molecule has 30 heavy (non-hydrogen) atoms. The Morgan fingerprint density at radius 1 is 0.967 bits per heavy atom. The minimum absolute atomic E-state index is 0.0581. The highest BCUT2D eigenvalue weighted by Gasteiger charge is 2.33. The fraction of sp³-hybridized carbons (Fsp3) is 0.0435. The number of nitrogens with one attached hydrogen (secondary N) is 1. The maximum absolute atomic E-state index is 13.7. The summed E-state index contributed by atoms with van der Waals surface area (Å²) < 4.78 is 32.4. The zero-order valence-electron chi connectivity index (χ0n) is 15.6. The number of thioether (sulfide) groups is 1. The number of carbonyl (C=O) groups excluding carboxylic acids is 1. The molecule has 1 fully saturated rings. The standard InChI is InChI=1S/C23H16F2N2O2S/c24-17-7-9-18(10-8-17)27-22(28)21(30-23(27)26)13-15-5-11-19(12-6-15)29-14-16-3-1-2-4-20(16)25/h1-13,26H,14H2. The predicted octanol–water partition coefficient (Wildman–Crippen LogP) is 5.60. The Morgan fingerprint density at radius 2 is 1.67 bits per heavy atom. The first-order valence-corrected chi connectivity index (χ1v) is 9.87. The molecule has 1 heterocycles. The average Bonchev–Trinajstić information content (AvgIpc) is 3.02.